The van der Waals surface area contributed by atoms with Gasteiger partial charge in [0.1, 0.15) is 17.3 Å². The van der Waals surface area contributed by atoms with Gasteiger partial charge < -0.3 is 18.8 Å². The summed E-state index contributed by atoms with van der Waals surface area (Å²) in [6.07, 6.45) is 2.38. The van der Waals surface area contributed by atoms with E-state index in [1.54, 1.807) is 21.3 Å². The summed E-state index contributed by atoms with van der Waals surface area (Å²) in [6.45, 7) is 2.87. The Kier molecular flexibility index (Phi) is 5.59. The zero-order valence-corrected chi connectivity index (χ0v) is 18.8. The van der Waals surface area contributed by atoms with Crippen molar-refractivity contribution < 1.29 is 14.2 Å². The maximum absolute atomic E-state index is 5.60. The van der Waals surface area contributed by atoms with Gasteiger partial charge in [0.2, 0.25) is 0 Å². The van der Waals surface area contributed by atoms with Crippen LogP contribution in [0.3, 0.4) is 0 Å². The highest BCUT2D eigenvalue weighted by molar-refractivity contribution is 7.09. The van der Waals surface area contributed by atoms with E-state index in [9.17, 15) is 0 Å². The highest BCUT2D eigenvalue weighted by atomic mass is 32.1. The lowest BCUT2D eigenvalue weighted by Gasteiger charge is -2.35. The standard InChI is InChI=1S/C21H26N6O3S/c1-28-12-16-19-23-24-20(21-22-18(25-31-21)13-4-5-13)27(19)9-8-26(16)11-14-6-7-15(29-2)10-17(14)30-3/h6-7,10,13,16H,4-5,8-9,11-12H2,1-3H3/t16-/m1/s1. The number of aromatic nitrogens is 5. The number of rotatable bonds is 8. The molecule has 0 saturated heterocycles. The lowest BCUT2D eigenvalue weighted by atomic mass is 10.1. The van der Waals surface area contributed by atoms with Crippen LogP contribution in [0.4, 0.5) is 0 Å². The molecule has 5 rings (SSSR count). The Morgan fingerprint density at radius 2 is 1.97 bits per heavy atom. The molecule has 1 fully saturated rings. The number of nitrogens with zero attached hydrogens (tertiary/aromatic N) is 6. The molecule has 0 bridgehead atoms. The van der Waals surface area contributed by atoms with E-state index in [2.05, 4.69) is 24.0 Å². The first-order chi connectivity index (χ1) is 15.2. The van der Waals surface area contributed by atoms with Gasteiger partial charge in [-0.15, -0.1) is 10.2 Å². The molecule has 2 aromatic heterocycles. The molecule has 0 amide bonds. The number of ether oxygens (including phenoxy) is 3. The van der Waals surface area contributed by atoms with Gasteiger partial charge in [0.05, 0.1) is 26.9 Å². The molecular formula is C21H26N6O3S. The van der Waals surface area contributed by atoms with Gasteiger partial charge in [-0.1, -0.05) is 6.07 Å². The molecular weight excluding hydrogens is 416 g/mol. The van der Waals surface area contributed by atoms with Crippen molar-refractivity contribution in [3.8, 4) is 22.3 Å². The van der Waals surface area contributed by atoms with E-state index >= 15 is 0 Å². The second-order valence-corrected chi connectivity index (χ2v) is 8.64. The van der Waals surface area contributed by atoms with E-state index in [4.69, 9.17) is 19.2 Å². The number of hydrogen-bond donors (Lipinski definition) is 0. The minimum atomic E-state index is -0.0115. The van der Waals surface area contributed by atoms with Crippen molar-refractivity contribution in [1.82, 2.24) is 29.0 Å². The van der Waals surface area contributed by atoms with Gasteiger partial charge in [-0.2, -0.15) is 4.37 Å². The van der Waals surface area contributed by atoms with Crippen LogP contribution in [0, 0.1) is 0 Å². The van der Waals surface area contributed by atoms with Gasteiger partial charge in [0.15, 0.2) is 16.7 Å². The van der Waals surface area contributed by atoms with Crippen molar-refractivity contribution in [2.45, 2.75) is 37.9 Å². The van der Waals surface area contributed by atoms with Gasteiger partial charge >= 0.3 is 0 Å². The first kappa shape index (κ1) is 20.3. The largest absolute Gasteiger partial charge is 0.497 e. The van der Waals surface area contributed by atoms with Crippen LogP contribution in [0.15, 0.2) is 18.2 Å². The summed E-state index contributed by atoms with van der Waals surface area (Å²) in [5, 5.41) is 9.88. The molecule has 164 valence electrons. The van der Waals surface area contributed by atoms with Crippen molar-refractivity contribution in [3.05, 3.63) is 35.4 Å². The molecule has 3 aromatic rings. The fraction of sp³-hybridized carbons (Fsp3) is 0.524. The SMILES string of the molecule is COC[C@@H]1c2nnc(-c3nc(C4CC4)ns3)n2CCN1Cc1ccc(OC)cc1OC. The maximum atomic E-state index is 5.60. The molecule has 10 heteroatoms. The monoisotopic (exact) mass is 442 g/mol. The third-order valence-electron chi connectivity index (χ3n) is 5.90. The normalized spacial score (nSPS) is 18.7. The highest BCUT2D eigenvalue weighted by Crippen LogP contribution is 2.40. The van der Waals surface area contributed by atoms with Crippen LogP contribution in [-0.4, -0.2) is 63.5 Å². The Labute approximate surface area is 185 Å². The Balaban J connectivity index is 1.42. The van der Waals surface area contributed by atoms with Crippen molar-refractivity contribution >= 4 is 11.5 Å². The minimum Gasteiger partial charge on any atom is -0.497 e. The molecule has 1 atom stereocenters. The summed E-state index contributed by atoms with van der Waals surface area (Å²) in [5.41, 5.74) is 1.09. The second-order valence-electron chi connectivity index (χ2n) is 7.88. The predicted octanol–water partition coefficient (Wildman–Crippen LogP) is 2.89. The fourth-order valence-corrected chi connectivity index (χ4v) is 4.79. The summed E-state index contributed by atoms with van der Waals surface area (Å²) in [6, 6.07) is 5.91. The topological polar surface area (TPSA) is 87.4 Å². The zero-order chi connectivity index (χ0) is 21.4. The van der Waals surface area contributed by atoms with E-state index in [1.807, 2.05) is 18.2 Å². The average Bonchev–Trinajstić information content (AvgIpc) is 3.37. The highest BCUT2D eigenvalue weighted by Gasteiger charge is 2.34. The number of methoxy groups -OCH3 is 3. The van der Waals surface area contributed by atoms with Crippen LogP contribution in [0.5, 0.6) is 11.5 Å². The molecule has 0 unspecified atom stereocenters. The van der Waals surface area contributed by atoms with Crippen LogP contribution in [0.1, 0.15) is 42.0 Å². The first-order valence-corrected chi connectivity index (χ1v) is 11.2. The van der Waals surface area contributed by atoms with Crippen LogP contribution >= 0.6 is 11.5 Å². The molecule has 2 aliphatic rings. The van der Waals surface area contributed by atoms with E-state index < -0.39 is 0 Å². The van der Waals surface area contributed by atoms with E-state index in [0.29, 0.717) is 19.1 Å². The molecule has 1 saturated carbocycles. The molecule has 1 aliphatic heterocycles. The van der Waals surface area contributed by atoms with Crippen LogP contribution in [-0.2, 0) is 17.8 Å². The molecule has 3 heterocycles. The van der Waals surface area contributed by atoms with Crippen molar-refractivity contribution in [1.29, 1.82) is 0 Å². The molecule has 1 aliphatic carbocycles. The van der Waals surface area contributed by atoms with E-state index in [0.717, 1.165) is 52.6 Å². The number of hydrogen-bond acceptors (Lipinski definition) is 9. The van der Waals surface area contributed by atoms with Gasteiger partial charge in [0.25, 0.3) is 0 Å². The molecule has 0 N–H and O–H groups in total. The van der Waals surface area contributed by atoms with E-state index in [1.165, 1.54) is 24.4 Å². The minimum absolute atomic E-state index is 0.0115. The Hall–Kier alpha value is -2.56. The molecule has 31 heavy (non-hydrogen) atoms. The predicted molar refractivity (Wildman–Crippen MR) is 115 cm³/mol. The Bertz CT molecular complexity index is 1060. The first-order valence-electron chi connectivity index (χ1n) is 10.4. The lowest BCUT2D eigenvalue weighted by molar-refractivity contribution is 0.0609. The Morgan fingerprint density at radius 3 is 2.71 bits per heavy atom. The van der Waals surface area contributed by atoms with Gasteiger partial charge in [0, 0.05) is 44.3 Å². The van der Waals surface area contributed by atoms with Crippen LogP contribution in [0.2, 0.25) is 0 Å². The van der Waals surface area contributed by atoms with Crippen molar-refractivity contribution in [2.75, 3.05) is 34.5 Å². The summed E-state index contributed by atoms with van der Waals surface area (Å²) in [7, 11) is 5.06. The average molecular weight is 443 g/mol. The Morgan fingerprint density at radius 1 is 1.10 bits per heavy atom. The summed E-state index contributed by atoms with van der Waals surface area (Å²) < 4.78 is 23.2. The van der Waals surface area contributed by atoms with Crippen LogP contribution < -0.4 is 9.47 Å². The molecule has 1 aromatic carbocycles. The smallest absolute Gasteiger partial charge is 0.194 e. The summed E-state index contributed by atoms with van der Waals surface area (Å²) in [4.78, 5) is 7.09. The zero-order valence-electron chi connectivity index (χ0n) is 17.9. The third kappa shape index (κ3) is 3.90. The number of fused-ring (bicyclic) bond motifs is 1. The quantitative estimate of drug-likeness (QED) is 0.526. The van der Waals surface area contributed by atoms with Crippen LogP contribution in [0.25, 0.3) is 10.8 Å². The van der Waals surface area contributed by atoms with Gasteiger partial charge in [-0.3, -0.25) is 4.90 Å². The van der Waals surface area contributed by atoms with E-state index in [-0.39, 0.29) is 6.04 Å². The molecule has 0 radical (unpaired) electrons. The van der Waals surface area contributed by atoms with Crippen molar-refractivity contribution in [2.24, 2.45) is 0 Å². The lowest BCUT2D eigenvalue weighted by Crippen LogP contribution is -2.40. The molecule has 9 nitrogen and oxygen atoms in total. The number of benzene rings is 1. The van der Waals surface area contributed by atoms with Gasteiger partial charge in [-0.05, 0) is 30.4 Å². The van der Waals surface area contributed by atoms with Gasteiger partial charge in [-0.25, -0.2) is 4.98 Å². The summed E-state index contributed by atoms with van der Waals surface area (Å²) >= 11 is 1.42. The molecule has 0 spiro atoms. The summed E-state index contributed by atoms with van der Waals surface area (Å²) in [5.74, 6) is 4.78. The maximum Gasteiger partial charge on any atom is 0.194 e. The fourth-order valence-electron chi connectivity index (χ4n) is 4.05. The third-order valence-corrected chi connectivity index (χ3v) is 6.62. The second kappa shape index (κ2) is 8.52. The van der Waals surface area contributed by atoms with Crippen molar-refractivity contribution in [3.63, 3.8) is 0 Å².